The lowest BCUT2D eigenvalue weighted by Crippen LogP contribution is -2.62. The number of allylic oxidation sites excluding steroid dienone is 2. The zero-order valence-electron chi connectivity index (χ0n) is 9.78. The Morgan fingerprint density at radius 3 is 2.25 bits per heavy atom. The van der Waals surface area contributed by atoms with E-state index in [-0.39, 0.29) is 11.8 Å². The Hall–Kier alpha value is -1.32. The number of ether oxygens (including phenoxy) is 2. The van der Waals surface area contributed by atoms with Gasteiger partial charge in [0.25, 0.3) is 0 Å². The van der Waals surface area contributed by atoms with Crippen LogP contribution in [0.15, 0.2) is 11.6 Å². The second kappa shape index (κ2) is 3.61. The molecule has 4 nitrogen and oxygen atoms in total. The Morgan fingerprint density at radius 2 is 1.88 bits per heavy atom. The Bertz CT molecular complexity index is 353. The van der Waals surface area contributed by atoms with Crippen LogP contribution in [0.2, 0.25) is 0 Å². The van der Waals surface area contributed by atoms with Crippen molar-refractivity contribution < 1.29 is 19.1 Å². The van der Waals surface area contributed by atoms with Gasteiger partial charge in [0.2, 0.25) is 0 Å². The van der Waals surface area contributed by atoms with Crippen LogP contribution in [0, 0.1) is 17.3 Å². The Kier molecular flexibility index (Phi) is 2.52. The van der Waals surface area contributed by atoms with Crippen molar-refractivity contribution in [1.82, 2.24) is 0 Å². The minimum absolute atomic E-state index is 0.0360. The third-order valence-electron chi connectivity index (χ3n) is 4.03. The summed E-state index contributed by atoms with van der Waals surface area (Å²) in [5.74, 6) is -0.895. The molecule has 1 fully saturated rings. The van der Waals surface area contributed by atoms with Gasteiger partial charge in [-0.3, -0.25) is 9.59 Å². The fraction of sp³-hybridized carbons (Fsp3) is 0.667. The Balaban J connectivity index is 2.42. The average molecular weight is 224 g/mol. The molecule has 3 rings (SSSR count). The van der Waals surface area contributed by atoms with E-state index in [4.69, 9.17) is 9.47 Å². The molecule has 0 amide bonds. The van der Waals surface area contributed by atoms with E-state index in [1.807, 2.05) is 6.92 Å². The van der Waals surface area contributed by atoms with E-state index in [1.54, 1.807) is 0 Å². The van der Waals surface area contributed by atoms with Crippen molar-refractivity contribution in [3.63, 3.8) is 0 Å². The number of hydrogen-bond donors (Lipinski definition) is 0. The van der Waals surface area contributed by atoms with Crippen LogP contribution in [-0.2, 0) is 19.1 Å². The molecule has 2 bridgehead atoms. The lowest BCUT2D eigenvalue weighted by Gasteiger charge is -2.54. The third-order valence-corrected chi connectivity index (χ3v) is 4.03. The number of carbonyl (C=O) groups excluding carboxylic acids is 2. The van der Waals surface area contributed by atoms with Crippen molar-refractivity contribution in [3.8, 4) is 0 Å². The van der Waals surface area contributed by atoms with Gasteiger partial charge in [0.1, 0.15) is 0 Å². The van der Waals surface area contributed by atoms with Crippen molar-refractivity contribution >= 4 is 11.9 Å². The Labute approximate surface area is 94.6 Å². The van der Waals surface area contributed by atoms with E-state index in [0.29, 0.717) is 0 Å². The Morgan fingerprint density at radius 1 is 1.31 bits per heavy atom. The summed E-state index contributed by atoms with van der Waals surface area (Å²) in [7, 11) is 2.64. The maximum Gasteiger partial charge on any atom is 0.324 e. The van der Waals surface area contributed by atoms with Crippen LogP contribution in [0.1, 0.15) is 19.8 Å². The van der Waals surface area contributed by atoms with Crippen LogP contribution in [0.4, 0.5) is 0 Å². The standard InChI is InChI=1S/C12H16O4/c1-7-4-5-8-6-9(7)12(8,10(13)15-2)11(14)16-3/h4,8-9H,5-6H2,1-3H3/t8-,9-/m1/s1. The molecule has 3 aliphatic carbocycles. The molecule has 4 heteroatoms. The average Bonchev–Trinajstić information content (AvgIpc) is 2.28. The van der Waals surface area contributed by atoms with Crippen LogP contribution in [-0.4, -0.2) is 26.2 Å². The molecule has 2 atom stereocenters. The van der Waals surface area contributed by atoms with E-state index in [0.717, 1.165) is 18.4 Å². The highest BCUT2D eigenvalue weighted by atomic mass is 16.5. The number of carbonyl (C=O) groups is 2. The van der Waals surface area contributed by atoms with Gasteiger partial charge in [-0.1, -0.05) is 11.6 Å². The maximum absolute atomic E-state index is 11.9. The van der Waals surface area contributed by atoms with E-state index in [9.17, 15) is 9.59 Å². The maximum atomic E-state index is 11.9. The van der Waals surface area contributed by atoms with Gasteiger partial charge in [-0.15, -0.1) is 0 Å². The van der Waals surface area contributed by atoms with Gasteiger partial charge in [0.15, 0.2) is 5.41 Å². The molecule has 1 saturated carbocycles. The number of hydrogen-bond acceptors (Lipinski definition) is 4. The molecule has 3 aliphatic rings. The van der Waals surface area contributed by atoms with Crippen molar-refractivity contribution in [2.75, 3.05) is 14.2 Å². The first-order valence-electron chi connectivity index (χ1n) is 5.42. The summed E-state index contributed by atoms with van der Waals surface area (Å²) >= 11 is 0. The third kappa shape index (κ3) is 1.10. The van der Waals surface area contributed by atoms with Crippen LogP contribution in [0.5, 0.6) is 0 Å². The molecule has 0 N–H and O–H groups in total. The lowest BCUT2D eigenvalue weighted by molar-refractivity contribution is -0.192. The van der Waals surface area contributed by atoms with Gasteiger partial charge in [-0.25, -0.2) is 0 Å². The van der Waals surface area contributed by atoms with Crippen LogP contribution >= 0.6 is 0 Å². The fourth-order valence-corrected chi connectivity index (χ4v) is 3.12. The first-order valence-corrected chi connectivity index (χ1v) is 5.42. The summed E-state index contributed by atoms with van der Waals surface area (Å²) < 4.78 is 9.60. The van der Waals surface area contributed by atoms with E-state index >= 15 is 0 Å². The molecular weight excluding hydrogens is 208 g/mol. The van der Waals surface area contributed by atoms with Gasteiger partial charge in [-0.05, 0) is 25.7 Å². The van der Waals surface area contributed by atoms with Crippen LogP contribution in [0.3, 0.4) is 0 Å². The molecule has 88 valence electrons. The number of fused-ring (bicyclic) bond motifs is 1. The van der Waals surface area contributed by atoms with Gasteiger partial charge in [-0.2, -0.15) is 0 Å². The molecule has 0 spiro atoms. The van der Waals surface area contributed by atoms with E-state index < -0.39 is 17.4 Å². The SMILES string of the molecule is COC(=O)C1(C(=O)OC)[C@@H]2CC=C(C)[C@H]1C2. The molecule has 0 heterocycles. The zero-order chi connectivity index (χ0) is 11.9. The molecule has 0 aliphatic heterocycles. The molecule has 16 heavy (non-hydrogen) atoms. The quantitative estimate of drug-likeness (QED) is 0.403. The van der Waals surface area contributed by atoms with Crippen LogP contribution < -0.4 is 0 Å². The predicted molar refractivity (Wildman–Crippen MR) is 56.4 cm³/mol. The second-order valence-corrected chi connectivity index (χ2v) is 4.52. The molecule has 0 saturated heterocycles. The molecule has 0 radical (unpaired) electrons. The minimum atomic E-state index is -1.07. The van der Waals surface area contributed by atoms with Crippen molar-refractivity contribution in [1.29, 1.82) is 0 Å². The largest absolute Gasteiger partial charge is 0.468 e. The molecule has 0 aromatic carbocycles. The molecule has 0 unspecified atom stereocenters. The monoisotopic (exact) mass is 224 g/mol. The summed E-state index contributed by atoms with van der Waals surface area (Å²) in [5.41, 5.74) is 0.0285. The molecule has 0 aromatic heterocycles. The first-order chi connectivity index (χ1) is 7.58. The minimum Gasteiger partial charge on any atom is -0.468 e. The number of esters is 2. The molecule has 0 aromatic rings. The highest BCUT2D eigenvalue weighted by Crippen LogP contribution is 2.60. The van der Waals surface area contributed by atoms with E-state index in [2.05, 4.69) is 6.08 Å². The van der Waals surface area contributed by atoms with Gasteiger partial charge < -0.3 is 9.47 Å². The lowest BCUT2D eigenvalue weighted by atomic mass is 9.47. The summed E-state index contributed by atoms with van der Waals surface area (Å²) in [6, 6.07) is 0. The highest BCUT2D eigenvalue weighted by Gasteiger charge is 2.68. The smallest absolute Gasteiger partial charge is 0.324 e. The summed E-state index contributed by atoms with van der Waals surface area (Å²) in [6.07, 6.45) is 3.74. The second-order valence-electron chi connectivity index (χ2n) is 4.52. The van der Waals surface area contributed by atoms with Crippen molar-refractivity contribution in [2.24, 2.45) is 17.3 Å². The predicted octanol–water partition coefficient (Wildman–Crippen LogP) is 1.30. The van der Waals surface area contributed by atoms with Crippen molar-refractivity contribution in [3.05, 3.63) is 11.6 Å². The fourth-order valence-electron chi connectivity index (χ4n) is 3.12. The molecular formula is C12H16O4. The summed E-state index contributed by atoms with van der Waals surface area (Å²) in [5, 5.41) is 0. The summed E-state index contributed by atoms with van der Waals surface area (Å²) in [4.78, 5) is 23.9. The van der Waals surface area contributed by atoms with Crippen LogP contribution in [0.25, 0.3) is 0 Å². The first kappa shape index (κ1) is 11.2. The summed E-state index contributed by atoms with van der Waals surface area (Å²) in [6.45, 7) is 1.96. The highest BCUT2D eigenvalue weighted by molar-refractivity contribution is 6.02. The topological polar surface area (TPSA) is 52.6 Å². The number of methoxy groups -OCH3 is 2. The van der Waals surface area contributed by atoms with E-state index in [1.165, 1.54) is 14.2 Å². The van der Waals surface area contributed by atoms with Gasteiger partial charge in [0.05, 0.1) is 14.2 Å². The van der Waals surface area contributed by atoms with Crippen molar-refractivity contribution in [2.45, 2.75) is 19.8 Å². The number of rotatable bonds is 2. The normalized spacial score (nSPS) is 29.8. The zero-order valence-corrected chi connectivity index (χ0v) is 9.78. The van der Waals surface area contributed by atoms with Gasteiger partial charge >= 0.3 is 11.9 Å². The van der Waals surface area contributed by atoms with Gasteiger partial charge in [0, 0.05) is 5.92 Å².